The Labute approximate surface area is 80.1 Å². The number of alkyl halides is 2. The van der Waals surface area contributed by atoms with E-state index in [2.05, 4.69) is 0 Å². The highest BCUT2D eigenvalue weighted by molar-refractivity contribution is 5.80. The predicted octanol–water partition coefficient (Wildman–Crippen LogP) is -0.404. The van der Waals surface area contributed by atoms with E-state index in [1.54, 1.807) is 0 Å². The molecule has 1 fully saturated rings. The molecule has 1 amide bonds. The van der Waals surface area contributed by atoms with Crippen LogP contribution >= 0.6 is 0 Å². The minimum absolute atomic E-state index is 0.0560. The Kier molecular flexibility index (Phi) is 3.06. The Bertz CT molecular complexity index is 233. The van der Waals surface area contributed by atoms with Crippen LogP contribution in [0, 0.1) is 0 Å². The number of nitrogens with zero attached hydrogens (tertiary/aromatic N) is 1. The van der Waals surface area contributed by atoms with Crippen LogP contribution in [-0.2, 0) is 4.79 Å². The molecular formula is C8H13F2NO3. The summed E-state index contributed by atoms with van der Waals surface area (Å²) in [5.74, 6) is -4.00. The van der Waals surface area contributed by atoms with Gasteiger partial charge < -0.3 is 15.1 Å². The first-order chi connectivity index (χ1) is 6.34. The molecule has 1 aliphatic rings. The zero-order chi connectivity index (χ0) is 10.9. The molecule has 0 aliphatic carbocycles. The van der Waals surface area contributed by atoms with Gasteiger partial charge in [-0.3, -0.25) is 4.79 Å². The molecular weight excluding hydrogens is 196 g/mol. The lowest BCUT2D eigenvalue weighted by molar-refractivity contribution is -0.170. The maximum atomic E-state index is 12.9. The van der Waals surface area contributed by atoms with Crippen molar-refractivity contribution < 1.29 is 23.8 Å². The van der Waals surface area contributed by atoms with E-state index < -0.39 is 30.6 Å². The summed E-state index contributed by atoms with van der Waals surface area (Å²) in [6, 6.07) is 0. The van der Waals surface area contributed by atoms with Gasteiger partial charge in [-0.1, -0.05) is 0 Å². The molecule has 0 spiro atoms. The monoisotopic (exact) mass is 209 g/mol. The number of carbonyl (C=O) groups is 1. The molecule has 2 atom stereocenters. The van der Waals surface area contributed by atoms with Crippen molar-refractivity contribution in [2.24, 2.45) is 0 Å². The van der Waals surface area contributed by atoms with E-state index in [0.717, 1.165) is 4.90 Å². The molecule has 0 aromatic heterocycles. The lowest BCUT2D eigenvalue weighted by atomic mass is 10.0. The van der Waals surface area contributed by atoms with E-state index in [0.29, 0.717) is 0 Å². The molecule has 1 rings (SSSR count). The van der Waals surface area contributed by atoms with Crippen molar-refractivity contribution in [1.29, 1.82) is 0 Å². The summed E-state index contributed by atoms with van der Waals surface area (Å²) < 4.78 is 25.9. The average Bonchev–Trinajstić information content (AvgIpc) is 2.08. The molecule has 0 aromatic carbocycles. The fourth-order valence-corrected chi connectivity index (χ4v) is 1.38. The first-order valence-electron chi connectivity index (χ1n) is 4.37. The van der Waals surface area contributed by atoms with E-state index in [-0.39, 0.29) is 13.0 Å². The number of piperidine rings is 1. The third kappa shape index (κ3) is 2.19. The second kappa shape index (κ2) is 3.78. The quantitative estimate of drug-likeness (QED) is 0.617. The van der Waals surface area contributed by atoms with Crippen molar-refractivity contribution in [2.45, 2.75) is 31.5 Å². The smallest absolute Gasteiger partial charge is 0.290 e. The standard InChI is InChI=1S/C8H13F2NO3/c1-5(12)7(14)11-3-2-6(13)8(9,10)4-11/h5-6,12-13H,2-4H2,1H3/t5-,6?/m1/s1. The van der Waals surface area contributed by atoms with Crippen LogP contribution in [0.25, 0.3) is 0 Å². The number of carbonyl (C=O) groups excluding carboxylic acids is 1. The minimum Gasteiger partial charge on any atom is -0.387 e. The molecule has 0 aromatic rings. The van der Waals surface area contributed by atoms with Crippen molar-refractivity contribution in [2.75, 3.05) is 13.1 Å². The SMILES string of the molecule is C[C@@H](O)C(=O)N1CCC(O)C(F)(F)C1. The van der Waals surface area contributed by atoms with Crippen LogP contribution in [0.4, 0.5) is 8.78 Å². The van der Waals surface area contributed by atoms with Gasteiger partial charge in [0, 0.05) is 6.54 Å². The van der Waals surface area contributed by atoms with Gasteiger partial charge in [0.25, 0.3) is 11.8 Å². The summed E-state index contributed by atoms with van der Waals surface area (Å²) in [7, 11) is 0. The first-order valence-corrected chi connectivity index (χ1v) is 4.37. The summed E-state index contributed by atoms with van der Waals surface area (Å²) in [5, 5.41) is 17.8. The van der Waals surface area contributed by atoms with Crippen LogP contribution < -0.4 is 0 Å². The van der Waals surface area contributed by atoms with Gasteiger partial charge in [0.05, 0.1) is 6.54 Å². The number of aliphatic hydroxyl groups excluding tert-OH is 2. The Morgan fingerprint density at radius 1 is 1.64 bits per heavy atom. The Balaban J connectivity index is 2.64. The largest absolute Gasteiger partial charge is 0.387 e. The number of amides is 1. The van der Waals surface area contributed by atoms with Crippen molar-refractivity contribution >= 4 is 5.91 Å². The Morgan fingerprint density at radius 2 is 2.21 bits per heavy atom. The van der Waals surface area contributed by atoms with Crippen molar-refractivity contribution in [3.63, 3.8) is 0 Å². The Hall–Kier alpha value is -0.750. The van der Waals surface area contributed by atoms with Crippen molar-refractivity contribution in [3.8, 4) is 0 Å². The summed E-state index contributed by atoms with van der Waals surface area (Å²) in [5.41, 5.74) is 0. The van der Waals surface area contributed by atoms with Gasteiger partial charge in [0.2, 0.25) is 0 Å². The third-order valence-corrected chi connectivity index (χ3v) is 2.23. The molecule has 1 saturated heterocycles. The zero-order valence-electron chi connectivity index (χ0n) is 7.78. The second-order valence-corrected chi connectivity index (χ2v) is 3.50. The molecule has 4 nitrogen and oxygen atoms in total. The van der Waals surface area contributed by atoms with Crippen LogP contribution in [0.3, 0.4) is 0 Å². The average molecular weight is 209 g/mol. The topological polar surface area (TPSA) is 60.8 Å². The van der Waals surface area contributed by atoms with Crippen LogP contribution in [-0.4, -0.2) is 52.2 Å². The van der Waals surface area contributed by atoms with Crippen LogP contribution in [0.2, 0.25) is 0 Å². The van der Waals surface area contributed by atoms with Gasteiger partial charge in [-0.25, -0.2) is 8.78 Å². The third-order valence-electron chi connectivity index (χ3n) is 2.23. The fraction of sp³-hybridized carbons (Fsp3) is 0.875. The molecule has 0 radical (unpaired) electrons. The molecule has 0 saturated carbocycles. The zero-order valence-corrected chi connectivity index (χ0v) is 7.78. The molecule has 82 valence electrons. The minimum atomic E-state index is -3.28. The molecule has 2 N–H and O–H groups in total. The predicted molar refractivity (Wildman–Crippen MR) is 43.8 cm³/mol. The van der Waals surface area contributed by atoms with Gasteiger partial charge in [-0.05, 0) is 13.3 Å². The van der Waals surface area contributed by atoms with Gasteiger partial charge in [0.1, 0.15) is 12.2 Å². The maximum absolute atomic E-state index is 12.9. The number of hydrogen-bond acceptors (Lipinski definition) is 3. The first kappa shape index (κ1) is 11.3. The van der Waals surface area contributed by atoms with Gasteiger partial charge in [0.15, 0.2) is 0 Å². The summed E-state index contributed by atoms with van der Waals surface area (Å²) in [4.78, 5) is 12.0. The molecule has 0 bridgehead atoms. The number of likely N-dealkylation sites (tertiary alicyclic amines) is 1. The number of halogens is 2. The highest BCUT2D eigenvalue weighted by Crippen LogP contribution is 2.27. The summed E-state index contributed by atoms with van der Waals surface area (Å²) in [6.45, 7) is 0.462. The van der Waals surface area contributed by atoms with Crippen LogP contribution in [0.15, 0.2) is 0 Å². The highest BCUT2D eigenvalue weighted by Gasteiger charge is 2.45. The lowest BCUT2D eigenvalue weighted by Crippen LogP contribution is -2.55. The van der Waals surface area contributed by atoms with Crippen molar-refractivity contribution in [1.82, 2.24) is 4.90 Å². The molecule has 1 heterocycles. The van der Waals surface area contributed by atoms with E-state index in [4.69, 9.17) is 10.2 Å². The fourth-order valence-electron chi connectivity index (χ4n) is 1.38. The maximum Gasteiger partial charge on any atom is 0.290 e. The molecule has 6 heteroatoms. The molecule has 1 unspecified atom stereocenters. The van der Waals surface area contributed by atoms with Gasteiger partial charge in [-0.15, -0.1) is 0 Å². The number of aliphatic hydroxyl groups is 2. The van der Waals surface area contributed by atoms with E-state index in [1.165, 1.54) is 6.92 Å². The molecule has 14 heavy (non-hydrogen) atoms. The lowest BCUT2D eigenvalue weighted by Gasteiger charge is -2.36. The van der Waals surface area contributed by atoms with Crippen molar-refractivity contribution in [3.05, 3.63) is 0 Å². The molecule has 1 aliphatic heterocycles. The summed E-state index contributed by atoms with van der Waals surface area (Å²) in [6.07, 6.45) is -3.13. The normalized spacial score (nSPS) is 28.6. The highest BCUT2D eigenvalue weighted by atomic mass is 19.3. The van der Waals surface area contributed by atoms with E-state index in [1.807, 2.05) is 0 Å². The van der Waals surface area contributed by atoms with E-state index >= 15 is 0 Å². The van der Waals surface area contributed by atoms with Crippen LogP contribution in [0.5, 0.6) is 0 Å². The van der Waals surface area contributed by atoms with Gasteiger partial charge in [-0.2, -0.15) is 0 Å². The summed E-state index contributed by atoms with van der Waals surface area (Å²) >= 11 is 0. The number of hydrogen-bond donors (Lipinski definition) is 2. The number of rotatable bonds is 1. The van der Waals surface area contributed by atoms with Gasteiger partial charge >= 0.3 is 0 Å². The second-order valence-electron chi connectivity index (χ2n) is 3.50. The van der Waals surface area contributed by atoms with Crippen LogP contribution in [0.1, 0.15) is 13.3 Å². The Morgan fingerprint density at radius 3 is 2.64 bits per heavy atom. The van der Waals surface area contributed by atoms with E-state index in [9.17, 15) is 13.6 Å².